The van der Waals surface area contributed by atoms with Crippen LogP contribution in [0.3, 0.4) is 0 Å². The quantitative estimate of drug-likeness (QED) is 0.450. The van der Waals surface area contributed by atoms with Gasteiger partial charge in [0.2, 0.25) is 0 Å². The first kappa shape index (κ1) is 11.3. The first-order chi connectivity index (χ1) is 2.77. The predicted molar refractivity (Wildman–Crippen MR) is 24.7 cm³/mol. The van der Waals surface area contributed by atoms with Gasteiger partial charge in [-0.1, -0.05) is 0 Å². The molecule has 0 aromatic carbocycles. The molecule has 0 aromatic heterocycles. The van der Waals surface area contributed by atoms with Crippen molar-refractivity contribution < 1.29 is 38.5 Å². The summed E-state index contributed by atoms with van der Waals surface area (Å²) in [6.07, 6.45) is 1.23. The SMILES string of the molecule is CC(Cl)C[CH2][Hg+].[Cl-]. The fraction of sp³-hybridized carbons (Fsp3) is 1.00. The molecule has 0 aliphatic rings. The number of hydrogen-bond acceptors (Lipinski definition) is 0. The van der Waals surface area contributed by atoms with Gasteiger partial charge in [-0.2, -0.15) is 0 Å². The van der Waals surface area contributed by atoms with Crippen LogP contribution in [-0.2, 0) is 26.1 Å². The summed E-state index contributed by atoms with van der Waals surface area (Å²) < 4.78 is 1.39. The fourth-order valence-electron chi connectivity index (χ4n) is 0.281. The van der Waals surface area contributed by atoms with Crippen molar-refractivity contribution in [2.24, 2.45) is 0 Å². The van der Waals surface area contributed by atoms with Gasteiger partial charge < -0.3 is 12.4 Å². The number of rotatable bonds is 2. The molecule has 3 heteroatoms. The van der Waals surface area contributed by atoms with Crippen molar-refractivity contribution in [2.75, 3.05) is 0 Å². The molecule has 7 heavy (non-hydrogen) atoms. The molecule has 0 rings (SSSR count). The number of halogens is 2. The van der Waals surface area contributed by atoms with E-state index in [4.69, 9.17) is 11.6 Å². The van der Waals surface area contributed by atoms with E-state index in [1.807, 2.05) is 0 Å². The summed E-state index contributed by atoms with van der Waals surface area (Å²) in [7, 11) is 0. The van der Waals surface area contributed by atoms with Crippen LogP contribution < -0.4 is 12.4 Å². The fourth-order valence-corrected chi connectivity index (χ4v) is 3.82. The standard InChI is InChI=1S/C4H8Cl.ClH.Hg/c1-3-4(2)5;;/h4H,1,3H2,2H3;1H;/q;;+1/p-1. The van der Waals surface area contributed by atoms with Gasteiger partial charge in [0, 0.05) is 0 Å². The molecule has 0 aromatic rings. The summed E-state index contributed by atoms with van der Waals surface area (Å²) in [5.74, 6) is 0. The Bertz CT molecular complexity index is 30.9. The Kier molecular flexibility index (Phi) is 12.2. The van der Waals surface area contributed by atoms with E-state index < -0.39 is 0 Å². The average molecular weight is 328 g/mol. The minimum Gasteiger partial charge on any atom is -1.00 e. The third-order valence-electron chi connectivity index (χ3n) is 0.602. The van der Waals surface area contributed by atoms with Gasteiger partial charge in [-0.25, -0.2) is 0 Å². The summed E-state index contributed by atoms with van der Waals surface area (Å²) in [6.45, 7) is 2.05. The van der Waals surface area contributed by atoms with Crippen molar-refractivity contribution in [1.82, 2.24) is 0 Å². The van der Waals surface area contributed by atoms with Crippen LogP contribution in [0.25, 0.3) is 0 Å². The van der Waals surface area contributed by atoms with E-state index in [1.54, 1.807) is 0 Å². The molecule has 0 radical (unpaired) electrons. The van der Waals surface area contributed by atoms with Crippen LogP contribution in [-0.4, -0.2) is 5.38 Å². The zero-order chi connectivity index (χ0) is 4.99. The van der Waals surface area contributed by atoms with Crippen molar-refractivity contribution in [1.29, 1.82) is 0 Å². The molecule has 1 atom stereocenters. The van der Waals surface area contributed by atoms with Crippen molar-refractivity contribution in [2.45, 2.75) is 22.7 Å². The zero-order valence-corrected chi connectivity index (χ0v) is 11.5. The van der Waals surface area contributed by atoms with Crippen molar-refractivity contribution in [3.8, 4) is 0 Å². The number of hydrogen-bond donors (Lipinski definition) is 0. The minimum atomic E-state index is 0. The predicted octanol–water partition coefficient (Wildman–Crippen LogP) is -1.03. The van der Waals surface area contributed by atoms with E-state index in [1.165, 1.54) is 10.4 Å². The Morgan fingerprint density at radius 3 is 2.14 bits per heavy atom. The Morgan fingerprint density at radius 1 is 1.71 bits per heavy atom. The van der Waals surface area contributed by atoms with Gasteiger partial charge in [0.05, 0.1) is 0 Å². The molecule has 40 valence electrons. The summed E-state index contributed by atoms with van der Waals surface area (Å²) in [5.41, 5.74) is 0. The maximum atomic E-state index is 5.61. The molecule has 0 aliphatic heterocycles. The van der Waals surface area contributed by atoms with Gasteiger partial charge in [0.25, 0.3) is 0 Å². The average Bonchev–Trinajstić information content (AvgIpc) is 1.35. The van der Waals surface area contributed by atoms with Crippen molar-refractivity contribution >= 4 is 11.6 Å². The Morgan fingerprint density at radius 2 is 2.14 bits per heavy atom. The van der Waals surface area contributed by atoms with Gasteiger partial charge in [0.15, 0.2) is 0 Å². The molecule has 0 heterocycles. The van der Waals surface area contributed by atoms with E-state index in [0.717, 1.165) is 26.1 Å². The summed E-state index contributed by atoms with van der Waals surface area (Å²) in [4.78, 5) is 0. The van der Waals surface area contributed by atoms with Crippen LogP contribution in [0, 0.1) is 0 Å². The van der Waals surface area contributed by atoms with Crippen LogP contribution in [0.5, 0.6) is 0 Å². The van der Waals surface area contributed by atoms with Crippen LogP contribution in [0.4, 0.5) is 0 Å². The number of alkyl halides is 1. The van der Waals surface area contributed by atoms with Gasteiger partial charge in [-0.05, 0) is 0 Å². The Balaban J connectivity index is 0. The second-order valence-electron chi connectivity index (χ2n) is 1.42. The van der Waals surface area contributed by atoms with Gasteiger partial charge in [-0.3, -0.25) is 0 Å². The Hall–Kier alpha value is 1.52. The topological polar surface area (TPSA) is 0 Å². The van der Waals surface area contributed by atoms with E-state index in [9.17, 15) is 0 Å². The van der Waals surface area contributed by atoms with E-state index in [-0.39, 0.29) is 12.4 Å². The van der Waals surface area contributed by atoms with Gasteiger partial charge in [-0.15, -0.1) is 0 Å². The van der Waals surface area contributed by atoms with Crippen LogP contribution in [0.15, 0.2) is 0 Å². The molecule has 0 nitrogen and oxygen atoms in total. The monoisotopic (exact) mass is 328 g/mol. The molecule has 0 saturated carbocycles. The molecule has 0 aliphatic carbocycles. The summed E-state index contributed by atoms with van der Waals surface area (Å²) in [5, 5.41) is 0.419. The smallest absolute Gasteiger partial charge is 1.00 e. The van der Waals surface area contributed by atoms with Crippen LogP contribution >= 0.6 is 11.6 Å². The largest absolute Gasteiger partial charge is 1.00 e. The van der Waals surface area contributed by atoms with Gasteiger partial charge >= 0.3 is 60.4 Å². The van der Waals surface area contributed by atoms with Crippen LogP contribution in [0.1, 0.15) is 13.3 Å². The van der Waals surface area contributed by atoms with E-state index in [2.05, 4.69) is 6.92 Å². The van der Waals surface area contributed by atoms with Gasteiger partial charge in [0.1, 0.15) is 0 Å². The van der Waals surface area contributed by atoms with E-state index in [0.29, 0.717) is 5.38 Å². The third kappa shape index (κ3) is 11.2. The molecule has 0 bridgehead atoms. The molecule has 0 spiro atoms. The van der Waals surface area contributed by atoms with E-state index >= 15 is 0 Å². The maximum absolute atomic E-state index is 5.61. The summed E-state index contributed by atoms with van der Waals surface area (Å²) in [6, 6.07) is 0. The zero-order valence-electron chi connectivity index (χ0n) is 4.45. The first-order valence-corrected chi connectivity index (χ1v) is 6.53. The third-order valence-corrected chi connectivity index (χ3v) is 2.41. The molecule has 0 saturated heterocycles. The molecular weight excluding hydrogens is 320 g/mol. The minimum absolute atomic E-state index is 0. The second kappa shape index (κ2) is 7.52. The van der Waals surface area contributed by atoms with Crippen molar-refractivity contribution in [3.05, 3.63) is 0 Å². The summed E-state index contributed by atoms with van der Waals surface area (Å²) >= 11 is 6.58. The molecule has 0 fully saturated rings. The van der Waals surface area contributed by atoms with Crippen LogP contribution in [0.2, 0.25) is 3.93 Å². The molecule has 0 N–H and O–H groups in total. The molecular formula is C4H8Cl2Hg. The van der Waals surface area contributed by atoms with Crippen molar-refractivity contribution in [3.63, 3.8) is 0 Å². The normalized spacial score (nSPS) is 12.6. The maximum Gasteiger partial charge on any atom is -1.00 e. The second-order valence-corrected chi connectivity index (χ2v) is 4.92. The first-order valence-electron chi connectivity index (χ1n) is 2.20. The molecule has 0 amide bonds. The Labute approximate surface area is 72.4 Å². The molecule has 1 unspecified atom stereocenters.